The first-order valence-corrected chi connectivity index (χ1v) is 8.84. The van der Waals surface area contributed by atoms with Crippen molar-refractivity contribution in [2.75, 3.05) is 5.32 Å². The van der Waals surface area contributed by atoms with E-state index < -0.39 is 5.91 Å². The van der Waals surface area contributed by atoms with E-state index in [1.165, 1.54) is 17.2 Å². The van der Waals surface area contributed by atoms with E-state index in [-0.39, 0.29) is 29.9 Å². The van der Waals surface area contributed by atoms with E-state index in [9.17, 15) is 14.4 Å². The average molecular weight is 354 g/mol. The first-order valence-electron chi connectivity index (χ1n) is 8.84. The fraction of sp³-hybridized carbons (Fsp3) is 0.368. The number of para-hydroxylation sites is 1. The standard InChI is InChI=1S/C19H22N4O3/c24-13-16-11-17(19(26)21-15-9-5-2-6-10-15)22-23(16)12-18(25)20-14-7-3-1-4-8-14/h2,5-6,9-11,13-14H,1,3-4,7-8,12H2,(H,20,25)(H,21,26). The molecule has 2 amide bonds. The van der Waals surface area contributed by atoms with Crippen LogP contribution in [-0.4, -0.2) is 33.9 Å². The molecule has 0 saturated heterocycles. The Balaban J connectivity index is 1.65. The fourth-order valence-corrected chi connectivity index (χ4v) is 3.14. The molecule has 2 aromatic rings. The highest BCUT2D eigenvalue weighted by atomic mass is 16.2. The normalized spacial score (nSPS) is 14.6. The number of aromatic nitrogens is 2. The lowest BCUT2D eigenvalue weighted by atomic mass is 9.95. The van der Waals surface area contributed by atoms with Crippen LogP contribution >= 0.6 is 0 Å². The molecular formula is C19H22N4O3. The second kappa shape index (κ2) is 8.42. The summed E-state index contributed by atoms with van der Waals surface area (Å²) in [6, 6.07) is 10.5. The molecule has 1 aromatic carbocycles. The SMILES string of the molecule is O=Cc1cc(C(=O)Nc2ccccc2)nn1CC(=O)NC1CCCCC1. The van der Waals surface area contributed by atoms with E-state index >= 15 is 0 Å². The predicted molar refractivity (Wildman–Crippen MR) is 97.0 cm³/mol. The number of nitrogens with zero attached hydrogens (tertiary/aromatic N) is 2. The molecule has 136 valence electrons. The van der Waals surface area contributed by atoms with Crippen molar-refractivity contribution >= 4 is 23.8 Å². The highest BCUT2D eigenvalue weighted by molar-refractivity contribution is 6.03. The zero-order valence-electron chi connectivity index (χ0n) is 14.5. The van der Waals surface area contributed by atoms with Crippen molar-refractivity contribution in [3.05, 3.63) is 47.8 Å². The Kier molecular flexibility index (Phi) is 5.78. The van der Waals surface area contributed by atoms with Gasteiger partial charge < -0.3 is 10.6 Å². The molecule has 1 fully saturated rings. The molecule has 0 radical (unpaired) electrons. The van der Waals surface area contributed by atoms with Gasteiger partial charge in [0.15, 0.2) is 12.0 Å². The number of hydrogen-bond donors (Lipinski definition) is 2. The summed E-state index contributed by atoms with van der Waals surface area (Å²) in [5.41, 5.74) is 0.929. The number of aldehydes is 1. The summed E-state index contributed by atoms with van der Waals surface area (Å²) in [6.07, 6.45) is 6.01. The van der Waals surface area contributed by atoms with Gasteiger partial charge >= 0.3 is 0 Å². The summed E-state index contributed by atoms with van der Waals surface area (Å²) < 4.78 is 1.27. The quantitative estimate of drug-likeness (QED) is 0.779. The Hall–Kier alpha value is -2.96. The molecule has 0 atom stereocenters. The smallest absolute Gasteiger partial charge is 0.276 e. The molecule has 0 aliphatic heterocycles. The van der Waals surface area contributed by atoms with Crippen LogP contribution in [0.2, 0.25) is 0 Å². The Morgan fingerprint density at radius 2 is 1.88 bits per heavy atom. The summed E-state index contributed by atoms with van der Waals surface area (Å²) in [5.74, 6) is -0.621. The zero-order valence-corrected chi connectivity index (χ0v) is 14.5. The Morgan fingerprint density at radius 3 is 2.58 bits per heavy atom. The van der Waals surface area contributed by atoms with Crippen LogP contribution in [0, 0.1) is 0 Å². The molecule has 2 N–H and O–H groups in total. The van der Waals surface area contributed by atoms with Crippen LogP contribution in [0.25, 0.3) is 0 Å². The Labute approximate surface area is 151 Å². The van der Waals surface area contributed by atoms with E-state index in [0.29, 0.717) is 12.0 Å². The van der Waals surface area contributed by atoms with Crippen molar-refractivity contribution < 1.29 is 14.4 Å². The molecule has 1 saturated carbocycles. The van der Waals surface area contributed by atoms with Crippen LogP contribution in [0.4, 0.5) is 5.69 Å². The van der Waals surface area contributed by atoms with Crippen LogP contribution in [0.3, 0.4) is 0 Å². The summed E-state index contributed by atoms with van der Waals surface area (Å²) in [6.45, 7) is -0.0802. The van der Waals surface area contributed by atoms with E-state index in [4.69, 9.17) is 0 Å². The van der Waals surface area contributed by atoms with Crippen molar-refractivity contribution in [3.63, 3.8) is 0 Å². The lowest BCUT2D eigenvalue weighted by molar-refractivity contribution is -0.122. The second-order valence-electron chi connectivity index (χ2n) is 6.45. The number of amides is 2. The van der Waals surface area contributed by atoms with Crippen LogP contribution in [0.5, 0.6) is 0 Å². The molecular weight excluding hydrogens is 332 g/mol. The van der Waals surface area contributed by atoms with Gasteiger partial charge in [-0.15, -0.1) is 0 Å². The molecule has 1 aliphatic carbocycles. The highest BCUT2D eigenvalue weighted by Gasteiger charge is 2.19. The molecule has 0 bridgehead atoms. The topological polar surface area (TPSA) is 93.1 Å². The summed E-state index contributed by atoms with van der Waals surface area (Å²) in [5, 5.41) is 9.81. The van der Waals surface area contributed by atoms with E-state index in [0.717, 1.165) is 25.7 Å². The zero-order chi connectivity index (χ0) is 18.4. The number of nitrogens with one attached hydrogen (secondary N) is 2. The van der Waals surface area contributed by atoms with E-state index in [1.807, 2.05) is 6.07 Å². The third-order valence-electron chi connectivity index (χ3n) is 4.46. The van der Waals surface area contributed by atoms with Crippen molar-refractivity contribution in [3.8, 4) is 0 Å². The minimum Gasteiger partial charge on any atom is -0.352 e. The number of carbonyl (C=O) groups excluding carboxylic acids is 3. The number of hydrogen-bond acceptors (Lipinski definition) is 4. The van der Waals surface area contributed by atoms with Crippen LogP contribution in [-0.2, 0) is 11.3 Å². The maximum atomic E-state index is 12.3. The molecule has 7 nitrogen and oxygen atoms in total. The van der Waals surface area contributed by atoms with Gasteiger partial charge in [0, 0.05) is 11.7 Å². The minimum atomic E-state index is -0.425. The van der Waals surface area contributed by atoms with Gasteiger partial charge in [0.2, 0.25) is 5.91 Å². The maximum absolute atomic E-state index is 12.3. The monoisotopic (exact) mass is 354 g/mol. The number of anilines is 1. The van der Waals surface area contributed by atoms with E-state index in [1.54, 1.807) is 24.3 Å². The molecule has 0 spiro atoms. The molecule has 7 heteroatoms. The molecule has 1 aromatic heterocycles. The van der Waals surface area contributed by atoms with Crippen molar-refractivity contribution in [1.82, 2.24) is 15.1 Å². The first-order chi connectivity index (χ1) is 12.7. The maximum Gasteiger partial charge on any atom is 0.276 e. The van der Waals surface area contributed by atoms with Crippen LogP contribution in [0.15, 0.2) is 36.4 Å². The summed E-state index contributed by atoms with van der Waals surface area (Å²) in [7, 11) is 0. The van der Waals surface area contributed by atoms with Gasteiger partial charge in [-0.2, -0.15) is 5.10 Å². The van der Waals surface area contributed by atoms with Gasteiger partial charge in [-0.25, -0.2) is 0 Å². The predicted octanol–water partition coefficient (Wildman–Crippen LogP) is 2.40. The van der Waals surface area contributed by atoms with Crippen LogP contribution in [0.1, 0.15) is 53.1 Å². The largest absolute Gasteiger partial charge is 0.352 e. The fourth-order valence-electron chi connectivity index (χ4n) is 3.14. The summed E-state index contributed by atoms with van der Waals surface area (Å²) in [4.78, 5) is 35.8. The van der Waals surface area contributed by atoms with Gasteiger partial charge in [0.05, 0.1) is 0 Å². The van der Waals surface area contributed by atoms with Crippen LogP contribution < -0.4 is 10.6 Å². The number of carbonyl (C=O) groups is 3. The Morgan fingerprint density at radius 1 is 1.15 bits per heavy atom. The number of benzene rings is 1. The second-order valence-corrected chi connectivity index (χ2v) is 6.45. The Bertz CT molecular complexity index is 779. The summed E-state index contributed by atoms with van der Waals surface area (Å²) >= 11 is 0. The first kappa shape index (κ1) is 17.8. The van der Waals surface area contributed by atoms with Gasteiger partial charge in [-0.3, -0.25) is 19.1 Å². The van der Waals surface area contributed by atoms with Gasteiger partial charge in [0.25, 0.3) is 5.91 Å². The van der Waals surface area contributed by atoms with Gasteiger partial charge in [-0.05, 0) is 31.0 Å². The van der Waals surface area contributed by atoms with Crippen molar-refractivity contribution in [2.24, 2.45) is 0 Å². The molecule has 3 rings (SSSR count). The lowest BCUT2D eigenvalue weighted by Gasteiger charge is -2.22. The van der Waals surface area contributed by atoms with Gasteiger partial charge in [-0.1, -0.05) is 37.5 Å². The minimum absolute atomic E-state index is 0.0802. The van der Waals surface area contributed by atoms with E-state index in [2.05, 4.69) is 15.7 Å². The molecule has 0 unspecified atom stereocenters. The average Bonchev–Trinajstić information content (AvgIpc) is 3.06. The third-order valence-corrected chi connectivity index (χ3v) is 4.46. The van der Waals surface area contributed by atoms with Gasteiger partial charge in [0.1, 0.15) is 12.2 Å². The number of rotatable bonds is 6. The highest BCUT2D eigenvalue weighted by Crippen LogP contribution is 2.17. The molecule has 1 heterocycles. The third kappa shape index (κ3) is 4.56. The van der Waals surface area contributed by atoms with Crippen molar-refractivity contribution in [2.45, 2.75) is 44.7 Å². The van der Waals surface area contributed by atoms with Crippen molar-refractivity contribution in [1.29, 1.82) is 0 Å². The lowest BCUT2D eigenvalue weighted by Crippen LogP contribution is -2.38. The molecule has 26 heavy (non-hydrogen) atoms. The molecule has 1 aliphatic rings.